The van der Waals surface area contributed by atoms with Crippen molar-refractivity contribution >= 4 is 39.1 Å². The molecule has 0 radical (unpaired) electrons. The first-order valence-electron chi connectivity index (χ1n) is 11.7. The van der Waals surface area contributed by atoms with E-state index in [4.69, 9.17) is 9.72 Å². The molecule has 0 fully saturated rings. The van der Waals surface area contributed by atoms with Crippen molar-refractivity contribution in [3.63, 3.8) is 0 Å². The van der Waals surface area contributed by atoms with Gasteiger partial charge in [-0.15, -0.1) is 11.3 Å². The highest BCUT2D eigenvalue weighted by molar-refractivity contribution is 7.17. The number of carbonyl (C=O) groups excluding carboxylic acids is 2. The van der Waals surface area contributed by atoms with Gasteiger partial charge in [-0.05, 0) is 38.0 Å². The van der Waals surface area contributed by atoms with E-state index in [0.29, 0.717) is 22.2 Å². The fourth-order valence-electron chi connectivity index (χ4n) is 4.56. The number of amides is 1. The average molecular weight is 486 g/mol. The van der Waals surface area contributed by atoms with Gasteiger partial charge in [-0.2, -0.15) is 0 Å². The number of pyridine rings is 1. The van der Waals surface area contributed by atoms with E-state index in [-0.39, 0.29) is 5.91 Å². The summed E-state index contributed by atoms with van der Waals surface area (Å²) in [6.07, 6.45) is 0.751. The average Bonchev–Trinajstić information content (AvgIpc) is 3.24. The Morgan fingerprint density at radius 2 is 1.83 bits per heavy atom. The molecule has 3 heterocycles. The fraction of sp³-hybridized carbons (Fsp3) is 0.250. The lowest BCUT2D eigenvalue weighted by Gasteiger charge is -2.30. The van der Waals surface area contributed by atoms with Gasteiger partial charge >= 0.3 is 5.97 Å². The molecule has 178 valence electrons. The number of ether oxygens (including phenoxy) is 1. The van der Waals surface area contributed by atoms with Crippen molar-refractivity contribution in [2.75, 3.05) is 19.0 Å². The van der Waals surface area contributed by atoms with Crippen molar-refractivity contribution < 1.29 is 14.3 Å². The third kappa shape index (κ3) is 4.45. The number of nitrogens with one attached hydrogen (secondary N) is 1. The SMILES string of the molecule is COC(=O)c1c(NC(=O)c2cc(-c3ccccc3)nc3ccccc23)sc2c1CCN(C(C)C)C2. The number of para-hydroxylation sites is 1. The molecule has 0 spiro atoms. The van der Waals surface area contributed by atoms with Gasteiger partial charge in [0.2, 0.25) is 0 Å². The maximum atomic E-state index is 13.7. The standard InChI is InChI=1S/C28H27N3O3S/c1-17(2)31-14-13-20-24(16-31)35-27(25(20)28(33)34-3)30-26(32)21-15-23(18-9-5-4-6-10-18)29-22-12-8-7-11-19(21)22/h4-12,15,17H,13-14,16H2,1-3H3,(H,30,32). The largest absolute Gasteiger partial charge is 0.465 e. The molecule has 0 saturated heterocycles. The lowest BCUT2D eigenvalue weighted by Crippen LogP contribution is -2.35. The van der Waals surface area contributed by atoms with Gasteiger partial charge < -0.3 is 10.1 Å². The first kappa shape index (κ1) is 23.2. The molecule has 6 nitrogen and oxygen atoms in total. The normalized spacial score (nSPS) is 13.6. The van der Waals surface area contributed by atoms with E-state index in [2.05, 4.69) is 24.1 Å². The van der Waals surface area contributed by atoms with Crippen LogP contribution in [0, 0.1) is 0 Å². The molecule has 1 amide bonds. The van der Waals surface area contributed by atoms with Gasteiger partial charge in [-0.3, -0.25) is 9.69 Å². The lowest BCUT2D eigenvalue weighted by atomic mass is 10.0. The Labute approximate surface area is 208 Å². The van der Waals surface area contributed by atoms with Crippen LogP contribution in [0.4, 0.5) is 5.00 Å². The maximum absolute atomic E-state index is 13.7. The molecule has 0 atom stereocenters. The Bertz CT molecular complexity index is 1410. The van der Waals surface area contributed by atoms with Gasteiger partial charge in [0.15, 0.2) is 0 Å². The zero-order chi connectivity index (χ0) is 24.5. The molecule has 0 aliphatic carbocycles. The van der Waals surface area contributed by atoms with E-state index < -0.39 is 5.97 Å². The van der Waals surface area contributed by atoms with Gasteiger partial charge in [-0.25, -0.2) is 9.78 Å². The van der Waals surface area contributed by atoms with Crippen LogP contribution < -0.4 is 5.32 Å². The van der Waals surface area contributed by atoms with Crippen molar-refractivity contribution in [2.45, 2.75) is 32.9 Å². The van der Waals surface area contributed by atoms with Crippen LogP contribution >= 0.6 is 11.3 Å². The number of hydrogen-bond acceptors (Lipinski definition) is 6. The highest BCUT2D eigenvalue weighted by atomic mass is 32.1. The van der Waals surface area contributed by atoms with E-state index in [1.807, 2.05) is 60.7 Å². The van der Waals surface area contributed by atoms with E-state index >= 15 is 0 Å². The van der Waals surface area contributed by atoms with Gasteiger partial charge in [0.05, 0.1) is 29.4 Å². The van der Waals surface area contributed by atoms with E-state index in [1.54, 1.807) is 0 Å². The van der Waals surface area contributed by atoms with Gasteiger partial charge in [0, 0.05) is 35.0 Å². The molecule has 0 saturated carbocycles. The number of benzene rings is 2. The summed E-state index contributed by atoms with van der Waals surface area (Å²) in [6, 6.07) is 19.6. The van der Waals surface area contributed by atoms with Crippen molar-refractivity contribution in [3.8, 4) is 11.3 Å². The highest BCUT2D eigenvalue weighted by Gasteiger charge is 2.30. The smallest absolute Gasteiger partial charge is 0.341 e. The third-order valence-electron chi connectivity index (χ3n) is 6.46. The van der Waals surface area contributed by atoms with Crippen LogP contribution in [0.15, 0.2) is 60.7 Å². The fourth-order valence-corrected chi connectivity index (χ4v) is 5.82. The summed E-state index contributed by atoms with van der Waals surface area (Å²) in [6.45, 7) is 5.96. The topological polar surface area (TPSA) is 71.5 Å². The highest BCUT2D eigenvalue weighted by Crippen LogP contribution is 2.38. The monoisotopic (exact) mass is 485 g/mol. The summed E-state index contributed by atoms with van der Waals surface area (Å²) in [5, 5.41) is 4.35. The van der Waals surface area contributed by atoms with Crippen LogP contribution in [-0.4, -0.2) is 41.5 Å². The number of thiophene rings is 1. The van der Waals surface area contributed by atoms with Crippen molar-refractivity contribution in [1.29, 1.82) is 0 Å². The first-order valence-corrected chi connectivity index (χ1v) is 12.5. The van der Waals surface area contributed by atoms with E-state index in [1.165, 1.54) is 18.4 Å². The second-order valence-electron chi connectivity index (χ2n) is 8.91. The predicted molar refractivity (Wildman–Crippen MR) is 140 cm³/mol. The number of methoxy groups -OCH3 is 1. The van der Waals surface area contributed by atoms with Crippen LogP contribution in [0.5, 0.6) is 0 Å². The second kappa shape index (κ2) is 9.60. The molecule has 4 aromatic rings. The zero-order valence-electron chi connectivity index (χ0n) is 20.0. The molecule has 35 heavy (non-hydrogen) atoms. The van der Waals surface area contributed by atoms with Crippen LogP contribution in [-0.2, 0) is 17.7 Å². The minimum atomic E-state index is -0.416. The Balaban J connectivity index is 1.56. The van der Waals surface area contributed by atoms with Crippen LogP contribution in [0.2, 0.25) is 0 Å². The molecule has 1 N–H and O–H groups in total. The number of esters is 1. The summed E-state index contributed by atoms with van der Waals surface area (Å²) in [5.74, 6) is -0.689. The molecule has 5 rings (SSSR count). The van der Waals surface area contributed by atoms with Gasteiger partial charge in [-0.1, -0.05) is 48.5 Å². The molecule has 0 bridgehead atoms. The van der Waals surface area contributed by atoms with Gasteiger partial charge in [0.25, 0.3) is 5.91 Å². The van der Waals surface area contributed by atoms with Crippen LogP contribution in [0.1, 0.15) is 45.0 Å². The molecule has 2 aromatic carbocycles. The molecule has 2 aromatic heterocycles. The molecule has 0 unspecified atom stereocenters. The first-order chi connectivity index (χ1) is 17.0. The number of hydrogen-bond donors (Lipinski definition) is 1. The summed E-state index contributed by atoms with van der Waals surface area (Å²) in [4.78, 5) is 34.7. The molecular formula is C28H27N3O3S. The summed E-state index contributed by atoms with van der Waals surface area (Å²) < 4.78 is 5.10. The Hall–Kier alpha value is -3.55. The number of rotatable bonds is 5. The third-order valence-corrected chi connectivity index (χ3v) is 7.60. The molecular weight excluding hydrogens is 458 g/mol. The maximum Gasteiger partial charge on any atom is 0.341 e. The minimum Gasteiger partial charge on any atom is -0.465 e. The molecule has 7 heteroatoms. The number of aromatic nitrogens is 1. The van der Waals surface area contributed by atoms with Crippen LogP contribution in [0.25, 0.3) is 22.2 Å². The second-order valence-corrected chi connectivity index (χ2v) is 10.0. The summed E-state index contributed by atoms with van der Waals surface area (Å²) >= 11 is 1.47. The molecule has 1 aliphatic heterocycles. The van der Waals surface area contributed by atoms with E-state index in [9.17, 15) is 9.59 Å². The Kier molecular flexibility index (Phi) is 6.36. The predicted octanol–water partition coefficient (Wildman–Crippen LogP) is 5.77. The van der Waals surface area contributed by atoms with Crippen molar-refractivity contribution in [1.82, 2.24) is 9.88 Å². The van der Waals surface area contributed by atoms with Crippen molar-refractivity contribution in [2.24, 2.45) is 0 Å². The number of nitrogens with zero attached hydrogens (tertiary/aromatic N) is 2. The van der Waals surface area contributed by atoms with E-state index in [0.717, 1.165) is 52.1 Å². The van der Waals surface area contributed by atoms with Gasteiger partial charge in [0.1, 0.15) is 5.00 Å². The molecule has 1 aliphatic rings. The number of carbonyl (C=O) groups is 2. The quantitative estimate of drug-likeness (QED) is 0.364. The number of fused-ring (bicyclic) bond motifs is 2. The van der Waals surface area contributed by atoms with Crippen molar-refractivity contribution in [3.05, 3.63) is 82.2 Å². The minimum absolute atomic E-state index is 0.273. The number of anilines is 1. The van der Waals surface area contributed by atoms with Crippen LogP contribution in [0.3, 0.4) is 0 Å². The lowest BCUT2D eigenvalue weighted by molar-refractivity contribution is 0.0600. The zero-order valence-corrected chi connectivity index (χ0v) is 20.8. The Morgan fingerprint density at radius 1 is 1.09 bits per heavy atom. The summed E-state index contributed by atoms with van der Waals surface area (Å²) in [5.41, 5.74) is 4.37. The Morgan fingerprint density at radius 3 is 2.57 bits per heavy atom. The summed E-state index contributed by atoms with van der Waals surface area (Å²) in [7, 11) is 1.38.